The Morgan fingerprint density at radius 3 is 2.57 bits per heavy atom. The Balaban J connectivity index is 2.11. The van der Waals surface area contributed by atoms with Gasteiger partial charge < -0.3 is 5.73 Å². The lowest BCUT2D eigenvalue weighted by Crippen LogP contribution is -1.95. The molecule has 2 nitrogen and oxygen atoms in total. The first kappa shape index (κ1) is 13.9. The van der Waals surface area contributed by atoms with Gasteiger partial charge in [0.25, 0.3) is 0 Å². The summed E-state index contributed by atoms with van der Waals surface area (Å²) in [7, 11) is 0. The lowest BCUT2D eigenvalue weighted by atomic mass is 9.97. The van der Waals surface area contributed by atoms with Crippen LogP contribution in [0.25, 0.3) is 21.8 Å². The summed E-state index contributed by atoms with van der Waals surface area (Å²) in [4.78, 5) is 4.76. The normalized spacial score (nSPS) is 11.3. The summed E-state index contributed by atoms with van der Waals surface area (Å²) in [6.45, 7) is 2.25. The summed E-state index contributed by atoms with van der Waals surface area (Å²) >= 11 is 0. The molecule has 0 aliphatic rings. The van der Waals surface area contributed by atoms with Crippen LogP contribution >= 0.6 is 0 Å². The van der Waals surface area contributed by atoms with Crippen LogP contribution in [0.3, 0.4) is 0 Å². The average molecular weight is 278 g/mol. The van der Waals surface area contributed by atoms with Crippen molar-refractivity contribution in [1.29, 1.82) is 0 Å². The first-order chi connectivity index (χ1) is 10.3. The molecule has 0 atom stereocenters. The highest BCUT2D eigenvalue weighted by molar-refractivity contribution is 5.98. The number of rotatable bonds is 5. The van der Waals surface area contributed by atoms with Crippen molar-refractivity contribution in [2.75, 3.05) is 5.73 Å². The smallest absolute Gasteiger partial charge is 0.0732 e. The van der Waals surface area contributed by atoms with E-state index in [-0.39, 0.29) is 0 Å². The minimum absolute atomic E-state index is 0.780. The number of anilines is 1. The van der Waals surface area contributed by atoms with E-state index in [0.717, 1.165) is 23.1 Å². The molecule has 3 aromatic rings. The predicted molar refractivity (Wildman–Crippen MR) is 91.5 cm³/mol. The monoisotopic (exact) mass is 278 g/mol. The van der Waals surface area contributed by atoms with Gasteiger partial charge in [-0.2, -0.15) is 0 Å². The Hall–Kier alpha value is -2.09. The van der Waals surface area contributed by atoms with Crippen molar-refractivity contribution < 1.29 is 0 Å². The van der Waals surface area contributed by atoms with E-state index in [2.05, 4.69) is 31.2 Å². The molecule has 0 amide bonds. The number of fused-ring (bicyclic) bond motifs is 2. The summed E-state index contributed by atoms with van der Waals surface area (Å²) in [6.07, 6.45) is 6.23. The number of nitrogens with zero attached hydrogens (tertiary/aromatic N) is 1. The number of nitrogen functional groups attached to an aromatic ring is 1. The predicted octanol–water partition coefficient (Wildman–Crippen LogP) is 5.09. The third-order valence-electron chi connectivity index (χ3n) is 4.10. The largest absolute Gasteiger partial charge is 0.399 e. The first-order valence-corrected chi connectivity index (χ1v) is 7.86. The molecular formula is C19H22N2. The standard InChI is InChI=1S/C19H22N2/c1-2-3-4-5-8-15-16-9-6-7-10-18(16)21-19-13-14(20)11-12-17(15)19/h6-7,9-13H,2-5,8,20H2,1H3. The van der Waals surface area contributed by atoms with Gasteiger partial charge in [0.2, 0.25) is 0 Å². The highest BCUT2D eigenvalue weighted by Crippen LogP contribution is 2.28. The lowest BCUT2D eigenvalue weighted by molar-refractivity contribution is 0.669. The number of aromatic nitrogens is 1. The highest BCUT2D eigenvalue weighted by Gasteiger charge is 2.08. The molecular weight excluding hydrogens is 256 g/mol. The minimum atomic E-state index is 0.780. The Labute approximate surface area is 126 Å². The molecule has 2 aromatic carbocycles. The number of unbranched alkanes of at least 4 members (excludes halogenated alkanes) is 3. The minimum Gasteiger partial charge on any atom is -0.399 e. The maximum atomic E-state index is 5.92. The number of aryl methyl sites for hydroxylation is 1. The van der Waals surface area contributed by atoms with E-state index >= 15 is 0 Å². The summed E-state index contributed by atoms with van der Waals surface area (Å²) in [5, 5.41) is 2.53. The second-order valence-electron chi connectivity index (χ2n) is 5.69. The Morgan fingerprint density at radius 1 is 0.905 bits per heavy atom. The van der Waals surface area contributed by atoms with Crippen LogP contribution < -0.4 is 5.73 Å². The second-order valence-corrected chi connectivity index (χ2v) is 5.69. The maximum Gasteiger partial charge on any atom is 0.0732 e. The van der Waals surface area contributed by atoms with E-state index in [1.807, 2.05) is 18.2 Å². The molecule has 0 unspecified atom stereocenters. The van der Waals surface area contributed by atoms with Crippen molar-refractivity contribution in [3.05, 3.63) is 48.0 Å². The van der Waals surface area contributed by atoms with Crippen LogP contribution in [-0.2, 0) is 6.42 Å². The van der Waals surface area contributed by atoms with Crippen molar-refractivity contribution in [3.8, 4) is 0 Å². The quantitative estimate of drug-likeness (QED) is 0.401. The molecule has 3 rings (SSSR count). The molecule has 0 radical (unpaired) electrons. The van der Waals surface area contributed by atoms with Crippen LogP contribution in [-0.4, -0.2) is 4.98 Å². The molecule has 1 aromatic heterocycles. The number of benzene rings is 2. The summed E-state index contributed by atoms with van der Waals surface area (Å²) < 4.78 is 0. The van der Waals surface area contributed by atoms with Crippen LogP contribution in [0.15, 0.2) is 42.5 Å². The summed E-state index contributed by atoms with van der Waals surface area (Å²) in [5.41, 5.74) is 10.2. The van der Waals surface area contributed by atoms with E-state index in [0.29, 0.717) is 0 Å². The van der Waals surface area contributed by atoms with Crippen LogP contribution in [0.4, 0.5) is 5.69 Å². The van der Waals surface area contributed by atoms with E-state index in [1.54, 1.807) is 0 Å². The van der Waals surface area contributed by atoms with Gasteiger partial charge in [0.05, 0.1) is 11.0 Å². The first-order valence-electron chi connectivity index (χ1n) is 7.86. The van der Waals surface area contributed by atoms with E-state index in [1.165, 1.54) is 42.0 Å². The molecule has 0 bridgehead atoms. The van der Waals surface area contributed by atoms with Gasteiger partial charge in [-0.15, -0.1) is 0 Å². The fourth-order valence-corrected chi connectivity index (χ4v) is 3.00. The van der Waals surface area contributed by atoms with Crippen molar-refractivity contribution in [3.63, 3.8) is 0 Å². The van der Waals surface area contributed by atoms with E-state index in [4.69, 9.17) is 10.7 Å². The molecule has 0 spiro atoms. The van der Waals surface area contributed by atoms with Gasteiger partial charge >= 0.3 is 0 Å². The van der Waals surface area contributed by atoms with Crippen LogP contribution in [0, 0.1) is 0 Å². The zero-order chi connectivity index (χ0) is 14.7. The van der Waals surface area contributed by atoms with Crippen molar-refractivity contribution >= 4 is 27.5 Å². The number of nitrogens with two attached hydrogens (primary N) is 1. The highest BCUT2D eigenvalue weighted by atomic mass is 14.7. The molecule has 0 saturated carbocycles. The van der Waals surface area contributed by atoms with Gasteiger partial charge in [0, 0.05) is 16.5 Å². The lowest BCUT2D eigenvalue weighted by Gasteiger charge is -2.11. The van der Waals surface area contributed by atoms with Gasteiger partial charge in [-0.1, -0.05) is 50.5 Å². The fraction of sp³-hybridized carbons (Fsp3) is 0.316. The van der Waals surface area contributed by atoms with Gasteiger partial charge in [0.15, 0.2) is 0 Å². The molecule has 0 aliphatic carbocycles. The molecule has 1 heterocycles. The maximum absolute atomic E-state index is 5.92. The van der Waals surface area contributed by atoms with Crippen LogP contribution in [0.1, 0.15) is 38.2 Å². The number of pyridine rings is 1. The topological polar surface area (TPSA) is 38.9 Å². The summed E-state index contributed by atoms with van der Waals surface area (Å²) in [5.74, 6) is 0. The number of hydrogen-bond donors (Lipinski definition) is 1. The molecule has 21 heavy (non-hydrogen) atoms. The molecule has 0 saturated heterocycles. The molecule has 0 fully saturated rings. The zero-order valence-electron chi connectivity index (χ0n) is 12.6. The zero-order valence-corrected chi connectivity index (χ0v) is 12.6. The third kappa shape index (κ3) is 2.85. The fourth-order valence-electron chi connectivity index (χ4n) is 3.00. The SMILES string of the molecule is CCCCCCc1c2ccccc2nc2cc(N)ccc12. The van der Waals surface area contributed by atoms with E-state index in [9.17, 15) is 0 Å². The molecule has 2 N–H and O–H groups in total. The molecule has 0 aliphatic heterocycles. The Morgan fingerprint density at radius 2 is 1.71 bits per heavy atom. The Bertz CT molecular complexity index is 762. The number of para-hydroxylation sites is 1. The molecule has 2 heteroatoms. The average Bonchev–Trinajstić information content (AvgIpc) is 2.50. The van der Waals surface area contributed by atoms with Gasteiger partial charge in [-0.05, 0) is 36.6 Å². The van der Waals surface area contributed by atoms with Crippen molar-refractivity contribution in [2.24, 2.45) is 0 Å². The molecule has 108 valence electrons. The second kappa shape index (κ2) is 6.13. The van der Waals surface area contributed by atoms with Gasteiger partial charge in [0.1, 0.15) is 0 Å². The van der Waals surface area contributed by atoms with E-state index < -0.39 is 0 Å². The van der Waals surface area contributed by atoms with Crippen LogP contribution in [0.5, 0.6) is 0 Å². The van der Waals surface area contributed by atoms with Crippen molar-refractivity contribution in [1.82, 2.24) is 4.98 Å². The Kier molecular flexibility index (Phi) is 4.05. The summed E-state index contributed by atoms with van der Waals surface area (Å²) in [6, 6.07) is 14.5. The van der Waals surface area contributed by atoms with Crippen LogP contribution in [0.2, 0.25) is 0 Å². The van der Waals surface area contributed by atoms with Gasteiger partial charge in [-0.25, -0.2) is 4.98 Å². The van der Waals surface area contributed by atoms with Gasteiger partial charge in [-0.3, -0.25) is 0 Å². The number of hydrogen-bond acceptors (Lipinski definition) is 2. The van der Waals surface area contributed by atoms with Crippen molar-refractivity contribution in [2.45, 2.75) is 39.0 Å². The third-order valence-corrected chi connectivity index (χ3v) is 4.10.